The van der Waals surface area contributed by atoms with Crippen LogP contribution in [0, 0.1) is 0 Å². The SMILES string of the molecule is CC/C=C\C/C=C\C/C=C\C/C=C\C/C=C\CCCCCCCCCCCCCCCCCCCCCCCCCCCC(=O)OC(COC(=O)CCCCCCCCCCCCCCCCC/C=C\CCCCCCCCCC)COP(=O)(O)OCC[N+](C)(C)C. The first-order valence-electron chi connectivity index (χ1n) is 39.7. The van der Waals surface area contributed by atoms with Gasteiger partial charge in [-0.1, -0.05) is 363 Å². The number of rotatable bonds is 74. The maximum atomic E-state index is 12.9. The maximum absolute atomic E-state index is 12.9. The highest BCUT2D eigenvalue weighted by molar-refractivity contribution is 7.47. The minimum Gasteiger partial charge on any atom is -0.462 e. The molecule has 0 aromatic rings. The van der Waals surface area contributed by atoms with Gasteiger partial charge < -0.3 is 18.9 Å². The Balaban J connectivity index is 3.90. The summed E-state index contributed by atoms with van der Waals surface area (Å²) in [4.78, 5) is 36.0. The smallest absolute Gasteiger partial charge is 0.462 e. The summed E-state index contributed by atoms with van der Waals surface area (Å²) in [6.45, 7) is 4.39. The van der Waals surface area contributed by atoms with Gasteiger partial charge in [-0.3, -0.25) is 18.6 Å². The molecular formula is C82H153NO8P+. The summed E-state index contributed by atoms with van der Waals surface area (Å²) in [5, 5.41) is 0. The second-order valence-electron chi connectivity index (χ2n) is 28.1. The van der Waals surface area contributed by atoms with Crippen LogP contribution in [0.3, 0.4) is 0 Å². The molecule has 10 heteroatoms. The minimum absolute atomic E-state index is 0.0337. The molecule has 2 atom stereocenters. The van der Waals surface area contributed by atoms with E-state index in [1.54, 1.807) is 0 Å². The number of allylic oxidation sites excluding steroid dienone is 12. The molecule has 92 heavy (non-hydrogen) atoms. The summed E-state index contributed by atoms with van der Waals surface area (Å²) >= 11 is 0. The molecule has 538 valence electrons. The van der Waals surface area contributed by atoms with Gasteiger partial charge in [0, 0.05) is 12.8 Å². The van der Waals surface area contributed by atoms with Gasteiger partial charge in [-0.15, -0.1) is 0 Å². The van der Waals surface area contributed by atoms with Crippen molar-refractivity contribution in [3.63, 3.8) is 0 Å². The summed E-state index contributed by atoms with van der Waals surface area (Å²) < 4.78 is 34.8. The number of nitrogens with zero attached hydrogens (tertiary/aromatic N) is 1. The number of unbranched alkanes of at least 4 members (excludes halogenated alkanes) is 48. The van der Waals surface area contributed by atoms with Crippen molar-refractivity contribution < 1.29 is 42.1 Å². The van der Waals surface area contributed by atoms with Crippen LogP contribution in [-0.2, 0) is 32.7 Å². The third kappa shape index (κ3) is 76.5. The number of phosphoric ester groups is 1. The lowest BCUT2D eigenvalue weighted by Gasteiger charge is -2.24. The molecule has 0 saturated heterocycles. The zero-order valence-electron chi connectivity index (χ0n) is 61.5. The second kappa shape index (κ2) is 72.7. The summed E-state index contributed by atoms with van der Waals surface area (Å²) in [5.41, 5.74) is 0. The van der Waals surface area contributed by atoms with E-state index >= 15 is 0 Å². The van der Waals surface area contributed by atoms with E-state index in [1.807, 2.05) is 21.1 Å². The lowest BCUT2D eigenvalue weighted by Crippen LogP contribution is -2.37. The molecule has 0 spiro atoms. The van der Waals surface area contributed by atoms with Gasteiger partial charge in [0.1, 0.15) is 19.8 Å². The lowest BCUT2D eigenvalue weighted by atomic mass is 10.0. The zero-order valence-corrected chi connectivity index (χ0v) is 62.4. The first kappa shape index (κ1) is 89.5. The van der Waals surface area contributed by atoms with Gasteiger partial charge in [0.15, 0.2) is 6.10 Å². The highest BCUT2D eigenvalue weighted by Crippen LogP contribution is 2.43. The van der Waals surface area contributed by atoms with Crippen molar-refractivity contribution in [2.75, 3.05) is 47.5 Å². The Labute approximate surface area is 571 Å². The highest BCUT2D eigenvalue weighted by Gasteiger charge is 2.27. The van der Waals surface area contributed by atoms with Crippen molar-refractivity contribution in [1.29, 1.82) is 0 Å². The van der Waals surface area contributed by atoms with E-state index < -0.39 is 26.5 Å². The first-order valence-corrected chi connectivity index (χ1v) is 41.2. The van der Waals surface area contributed by atoms with E-state index in [-0.39, 0.29) is 25.6 Å². The molecular weight excluding hydrogens is 1160 g/mol. The molecule has 0 fully saturated rings. The number of esters is 2. The van der Waals surface area contributed by atoms with Crippen LogP contribution in [0.15, 0.2) is 72.9 Å². The standard InChI is InChI=1S/C82H152NO8P/c1-6-8-10-12-14-16-18-20-22-24-26-28-30-32-34-35-36-37-38-39-40-41-42-43-44-45-46-47-49-51-53-55-57-59-61-63-65-67-69-71-73-75-82(85)91-80(79-90-92(86,87)89-77-76-83(3,4)5)78-88-81(84)74-72-70-68-66-64-62-60-58-56-54-52-50-48-33-31-29-27-25-23-21-19-17-15-13-11-9-7-2/h8,10,14,16,20,22,25-28,32,34,80H,6-7,9,11-13,15,17-19,21,23-24,29-31,33,35-79H2,1-5H3/p+1/b10-8-,16-14-,22-20-,27-25-,28-26-,34-32-. The molecule has 0 aliphatic carbocycles. The van der Waals surface area contributed by atoms with Crippen LogP contribution in [0.5, 0.6) is 0 Å². The largest absolute Gasteiger partial charge is 0.472 e. The van der Waals surface area contributed by atoms with E-state index in [2.05, 4.69) is 86.8 Å². The van der Waals surface area contributed by atoms with Crippen molar-refractivity contribution >= 4 is 19.8 Å². The molecule has 0 bridgehead atoms. The van der Waals surface area contributed by atoms with Crippen LogP contribution in [-0.4, -0.2) is 74.9 Å². The lowest BCUT2D eigenvalue weighted by molar-refractivity contribution is -0.870. The van der Waals surface area contributed by atoms with E-state index in [0.717, 1.165) is 64.2 Å². The van der Waals surface area contributed by atoms with Gasteiger partial charge >= 0.3 is 19.8 Å². The molecule has 0 radical (unpaired) electrons. The average Bonchev–Trinajstić information content (AvgIpc) is 2.23. The van der Waals surface area contributed by atoms with E-state index in [4.69, 9.17) is 18.5 Å². The van der Waals surface area contributed by atoms with Crippen LogP contribution in [0.1, 0.15) is 386 Å². The molecule has 0 rings (SSSR count). The Morgan fingerprint density at radius 3 is 0.935 bits per heavy atom. The number of quaternary nitrogens is 1. The molecule has 9 nitrogen and oxygen atoms in total. The quantitative estimate of drug-likeness (QED) is 0.0211. The molecule has 0 aromatic carbocycles. The predicted molar refractivity (Wildman–Crippen MR) is 399 cm³/mol. The number of phosphoric acid groups is 1. The molecule has 0 amide bonds. The zero-order chi connectivity index (χ0) is 66.9. The van der Waals surface area contributed by atoms with E-state index in [1.165, 1.54) is 289 Å². The van der Waals surface area contributed by atoms with Crippen molar-refractivity contribution in [2.45, 2.75) is 392 Å². The van der Waals surface area contributed by atoms with Crippen LogP contribution in [0.4, 0.5) is 0 Å². The fourth-order valence-electron chi connectivity index (χ4n) is 11.7. The molecule has 1 N–H and O–H groups in total. The van der Waals surface area contributed by atoms with Crippen molar-refractivity contribution in [2.24, 2.45) is 0 Å². The Bertz CT molecular complexity index is 1780. The summed E-state index contributed by atoms with van der Waals surface area (Å²) in [7, 11) is 1.50. The van der Waals surface area contributed by atoms with Crippen molar-refractivity contribution in [1.82, 2.24) is 0 Å². The maximum Gasteiger partial charge on any atom is 0.472 e. The molecule has 0 aliphatic heterocycles. The number of carbonyl (C=O) groups excluding carboxylic acids is 2. The fourth-order valence-corrected chi connectivity index (χ4v) is 12.4. The van der Waals surface area contributed by atoms with Crippen LogP contribution < -0.4 is 0 Å². The van der Waals surface area contributed by atoms with Crippen LogP contribution in [0.2, 0.25) is 0 Å². The molecule has 0 heterocycles. The third-order valence-corrected chi connectivity index (χ3v) is 18.7. The fraction of sp³-hybridized carbons (Fsp3) is 0.829. The first-order chi connectivity index (χ1) is 45.0. The van der Waals surface area contributed by atoms with Gasteiger partial charge in [0.05, 0.1) is 27.7 Å². The van der Waals surface area contributed by atoms with Crippen LogP contribution >= 0.6 is 7.82 Å². The van der Waals surface area contributed by atoms with E-state index in [0.29, 0.717) is 23.9 Å². The predicted octanol–water partition coefficient (Wildman–Crippen LogP) is 26.3. The molecule has 0 saturated carbocycles. The summed E-state index contributed by atoms with van der Waals surface area (Å²) in [6.07, 6.45) is 99.1. The van der Waals surface area contributed by atoms with E-state index in [9.17, 15) is 19.0 Å². The minimum atomic E-state index is -4.39. The second-order valence-corrected chi connectivity index (χ2v) is 29.5. The van der Waals surface area contributed by atoms with Crippen LogP contribution in [0.25, 0.3) is 0 Å². The van der Waals surface area contributed by atoms with Crippen molar-refractivity contribution in [3.8, 4) is 0 Å². The molecule has 0 aromatic heterocycles. The number of carbonyl (C=O) groups is 2. The Hall–Kier alpha value is -2.55. The topological polar surface area (TPSA) is 108 Å². The molecule has 0 aliphatic rings. The van der Waals surface area contributed by atoms with Crippen molar-refractivity contribution in [3.05, 3.63) is 72.9 Å². The Morgan fingerprint density at radius 2 is 0.620 bits per heavy atom. The van der Waals surface area contributed by atoms with Gasteiger partial charge in [-0.2, -0.15) is 0 Å². The summed E-state index contributed by atoms with van der Waals surface area (Å²) in [6, 6.07) is 0. The normalized spacial score (nSPS) is 13.4. The highest BCUT2D eigenvalue weighted by atomic mass is 31.2. The Kier molecular flexibility index (Phi) is 70.7. The van der Waals surface area contributed by atoms with Gasteiger partial charge in [-0.05, 0) is 83.5 Å². The van der Waals surface area contributed by atoms with Gasteiger partial charge in [0.25, 0.3) is 0 Å². The monoisotopic (exact) mass is 1310 g/mol. The number of hydrogen-bond donors (Lipinski definition) is 1. The molecule has 2 unspecified atom stereocenters. The average molecular weight is 1310 g/mol. The third-order valence-electron chi connectivity index (χ3n) is 17.7. The number of likely N-dealkylation sites (N-methyl/N-ethyl adjacent to an activating group) is 1. The number of hydrogen-bond acceptors (Lipinski definition) is 7. The Morgan fingerprint density at radius 1 is 0.348 bits per heavy atom. The summed E-state index contributed by atoms with van der Waals surface area (Å²) in [5.74, 6) is -0.776. The van der Waals surface area contributed by atoms with Gasteiger partial charge in [0.2, 0.25) is 0 Å². The number of ether oxygens (including phenoxy) is 2. The van der Waals surface area contributed by atoms with Gasteiger partial charge in [-0.25, -0.2) is 4.57 Å².